The molecule has 16 heavy (non-hydrogen) atoms. The van der Waals surface area contributed by atoms with Crippen LogP contribution >= 0.6 is 0 Å². The van der Waals surface area contributed by atoms with Crippen molar-refractivity contribution in [3.8, 4) is 0 Å². The fraction of sp³-hybridized carbons (Fsp3) is 0.667. The van der Waals surface area contributed by atoms with Gasteiger partial charge in [0.2, 0.25) is 5.91 Å². The predicted molar refractivity (Wildman–Crippen MR) is 61.0 cm³/mol. The van der Waals surface area contributed by atoms with Crippen molar-refractivity contribution in [3.05, 3.63) is 11.3 Å². The number of aliphatic hydroxyl groups excluding tert-OH is 1. The van der Waals surface area contributed by atoms with Crippen molar-refractivity contribution in [2.24, 2.45) is 0 Å². The zero-order valence-electron chi connectivity index (χ0n) is 10.1. The van der Waals surface area contributed by atoms with E-state index in [0.29, 0.717) is 18.5 Å². The normalized spacial score (nSPS) is 21.9. The van der Waals surface area contributed by atoms with E-state index >= 15 is 0 Å². The number of carbonyl (C=O) groups excluding carboxylic acids is 2. The summed E-state index contributed by atoms with van der Waals surface area (Å²) in [5, 5.41) is 10.1. The van der Waals surface area contributed by atoms with Crippen LogP contribution in [0, 0.1) is 0 Å². The second-order valence-corrected chi connectivity index (χ2v) is 4.14. The van der Waals surface area contributed by atoms with Crippen molar-refractivity contribution in [2.45, 2.75) is 46.1 Å². The maximum absolute atomic E-state index is 11.3. The van der Waals surface area contributed by atoms with Gasteiger partial charge in [-0.1, -0.05) is 6.92 Å². The lowest BCUT2D eigenvalue weighted by Gasteiger charge is -2.24. The number of Topliss-reactive ketones (excluding diaryl/α,β-unsaturated/α-hetero) is 1. The molecule has 0 radical (unpaired) electrons. The Hall–Kier alpha value is -1.32. The Bertz CT molecular complexity index is 333. The topological polar surface area (TPSA) is 57.6 Å². The fourth-order valence-electron chi connectivity index (χ4n) is 2.24. The van der Waals surface area contributed by atoms with Crippen LogP contribution in [0.25, 0.3) is 0 Å². The highest BCUT2D eigenvalue weighted by Crippen LogP contribution is 2.25. The van der Waals surface area contributed by atoms with Gasteiger partial charge in [-0.3, -0.25) is 9.59 Å². The van der Waals surface area contributed by atoms with E-state index in [1.807, 2.05) is 6.92 Å². The molecule has 4 heteroatoms. The molecule has 1 aliphatic rings. The zero-order chi connectivity index (χ0) is 12.3. The number of rotatable bonds is 3. The SMILES string of the molecule is CCC(C(C)=O)=C(O)C1CCCN1C(C)=O. The second kappa shape index (κ2) is 5.14. The van der Waals surface area contributed by atoms with Gasteiger partial charge in [0.15, 0.2) is 5.78 Å². The van der Waals surface area contributed by atoms with Gasteiger partial charge in [-0.15, -0.1) is 0 Å². The lowest BCUT2D eigenvalue weighted by atomic mass is 10.0. The third-order valence-electron chi connectivity index (χ3n) is 3.06. The maximum Gasteiger partial charge on any atom is 0.220 e. The summed E-state index contributed by atoms with van der Waals surface area (Å²) in [5.74, 6) is -0.0776. The molecule has 1 aliphatic heterocycles. The average molecular weight is 225 g/mol. The lowest BCUT2D eigenvalue weighted by Crippen LogP contribution is -2.35. The lowest BCUT2D eigenvalue weighted by molar-refractivity contribution is -0.129. The minimum atomic E-state index is -0.295. The number of ketones is 1. The van der Waals surface area contributed by atoms with Crippen LogP contribution in [0.5, 0.6) is 0 Å². The van der Waals surface area contributed by atoms with E-state index < -0.39 is 0 Å². The second-order valence-electron chi connectivity index (χ2n) is 4.14. The van der Waals surface area contributed by atoms with Gasteiger partial charge in [-0.25, -0.2) is 0 Å². The van der Waals surface area contributed by atoms with Crippen LogP contribution in [0.1, 0.15) is 40.0 Å². The fourth-order valence-corrected chi connectivity index (χ4v) is 2.24. The molecule has 1 unspecified atom stereocenters. The number of nitrogens with zero attached hydrogens (tertiary/aromatic N) is 1. The van der Waals surface area contributed by atoms with E-state index in [-0.39, 0.29) is 23.5 Å². The van der Waals surface area contributed by atoms with Crippen molar-refractivity contribution in [1.82, 2.24) is 4.90 Å². The molecule has 0 aliphatic carbocycles. The standard InChI is InChI=1S/C12H19NO3/c1-4-10(8(2)14)12(16)11-6-5-7-13(11)9(3)15/h11,16H,4-7H2,1-3H3. The van der Waals surface area contributed by atoms with Crippen molar-refractivity contribution < 1.29 is 14.7 Å². The minimum Gasteiger partial charge on any atom is -0.510 e. The van der Waals surface area contributed by atoms with Crippen molar-refractivity contribution >= 4 is 11.7 Å². The monoisotopic (exact) mass is 225 g/mol. The maximum atomic E-state index is 11.3. The van der Waals surface area contributed by atoms with E-state index in [1.165, 1.54) is 13.8 Å². The summed E-state index contributed by atoms with van der Waals surface area (Å²) < 4.78 is 0. The van der Waals surface area contributed by atoms with Crippen LogP contribution in [0.4, 0.5) is 0 Å². The zero-order valence-corrected chi connectivity index (χ0v) is 10.1. The highest BCUT2D eigenvalue weighted by atomic mass is 16.3. The van der Waals surface area contributed by atoms with E-state index in [4.69, 9.17) is 0 Å². The molecule has 1 fully saturated rings. The Morgan fingerprint density at radius 1 is 1.38 bits per heavy atom. The van der Waals surface area contributed by atoms with Gasteiger partial charge in [-0.2, -0.15) is 0 Å². The summed E-state index contributed by atoms with van der Waals surface area (Å²) in [4.78, 5) is 24.3. The van der Waals surface area contributed by atoms with Crippen LogP contribution in [0.3, 0.4) is 0 Å². The molecule has 1 saturated heterocycles. The molecule has 0 saturated carbocycles. The predicted octanol–water partition coefficient (Wildman–Crippen LogP) is 1.81. The summed E-state index contributed by atoms with van der Waals surface area (Å²) in [5.41, 5.74) is 0.443. The summed E-state index contributed by atoms with van der Waals surface area (Å²) in [6.45, 7) is 5.44. The Morgan fingerprint density at radius 3 is 2.44 bits per heavy atom. The first-order valence-electron chi connectivity index (χ1n) is 5.69. The van der Waals surface area contributed by atoms with Crippen molar-refractivity contribution in [3.63, 3.8) is 0 Å². The third-order valence-corrected chi connectivity index (χ3v) is 3.06. The first-order chi connectivity index (χ1) is 7.49. The van der Waals surface area contributed by atoms with Gasteiger partial charge in [-0.05, 0) is 26.2 Å². The average Bonchev–Trinajstić information content (AvgIpc) is 2.65. The van der Waals surface area contributed by atoms with Crippen LogP contribution in [-0.4, -0.2) is 34.3 Å². The summed E-state index contributed by atoms with van der Waals surface area (Å²) in [6, 6.07) is -0.295. The number of carbonyl (C=O) groups is 2. The van der Waals surface area contributed by atoms with Crippen molar-refractivity contribution in [2.75, 3.05) is 6.54 Å². The molecule has 4 nitrogen and oxygen atoms in total. The highest BCUT2D eigenvalue weighted by Gasteiger charge is 2.31. The Balaban J connectivity index is 2.99. The molecule has 1 N–H and O–H groups in total. The van der Waals surface area contributed by atoms with Gasteiger partial charge in [0.1, 0.15) is 5.76 Å². The number of aliphatic hydroxyl groups is 1. The van der Waals surface area contributed by atoms with Gasteiger partial charge in [0, 0.05) is 19.0 Å². The van der Waals surface area contributed by atoms with Crippen LogP contribution in [0.2, 0.25) is 0 Å². The quantitative estimate of drug-likeness (QED) is 0.588. The first-order valence-corrected chi connectivity index (χ1v) is 5.69. The number of allylic oxidation sites excluding steroid dienone is 1. The summed E-state index contributed by atoms with van der Waals surface area (Å²) in [6.07, 6.45) is 2.12. The number of hydrogen-bond acceptors (Lipinski definition) is 3. The third kappa shape index (κ3) is 2.43. The highest BCUT2D eigenvalue weighted by molar-refractivity contribution is 5.93. The van der Waals surface area contributed by atoms with E-state index in [2.05, 4.69) is 0 Å². The van der Waals surface area contributed by atoms with E-state index in [9.17, 15) is 14.7 Å². The van der Waals surface area contributed by atoms with Gasteiger partial charge in [0.05, 0.1) is 6.04 Å². The van der Waals surface area contributed by atoms with Gasteiger partial charge < -0.3 is 10.0 Å². The molecule has 90 valence electrons. The molecule has 0 aromatic carbocycles. The van der Waals surface area contributed by atoms with Gasteiger partial charge >= 0.3 is 0 Å². The number of hydrogen-bond donors (Lipinski definition) is 1. The summed E-state index contributed by atoms with van der Waals surface area (Å²) in [7, 11) is 0. The molecule has 1 rings (SSSR count). The number of likely N-dealkylation sites (tertiary alicyclic amines) is 1. The smallest absolute Gasteiger partial charge is 0.220 e. The number of amides is 1. The Morgan fingerprint density at radius 2 is 2.00 bits per heavy atom. The van der Waals surface area contributed by atoms with Crippen molar-refractivity contribution in [1.29, 1.82) is 0 Å². The molecule has 1 heterocycles. The molecular weight excluding hydrogens is 206 g/mol. The first kappa shape index (κ1) is 12.7. The molecule has 0 aromatic heterocycles. The van der Waals surface area contributed by atoms with E-state index in [1.54, 1.807) is 4.90 Å². The Labute approximate surface area is 95.9 Å². The van der Waals surface area contributed by atoms with Gasteiger partial charge in [0.25, 0.3) is 0 Å². The molecule has 0 aromatic rings. The largest absolute Gasteiger partial charge is 0.510 e. The molecule has 0 bridgehead atoms. The molecule has 1 atom stereocenters. The Kier molecular flexibility index (Phi) is 4.10. The molecule has 1 amide bonds. The van der Waals surface area contributed by atoms with Crippen LogP contribution in [-0.2, 0) is 9.59 Å². The molecular formula is C12H19NO3. The minimum absolute atomic E-state index is 0.0481. The molecule has 0 spiro atoms. The van der Waals surface area contributed by atoms with E-state index in [0.717, 1.165) is 12.8 Å². The van der Waals surface area contributed by atoms with Crippen LogP contribution < -0.4 is 0 Å². The summed E-state index contributed by atoms with van der Waals surface area (Å²) >= 11 is 0. The van der Waals surface area contributed by atoms with Crippen LogP contribution in [0.15, 0.2) is 11.3 Å².